The first-order chi connectivity index (χ1) is 4.93. The van der Waals surface area contributed by atoms with E-state index in [1.54, 1.807) is 13.8 Å². The Morgan fingerprint density at radius 1 is 1.82 bits per heavy atom. The van der Waals surface area contributed by atoms with Gasteiger partial charge in [0.25, 0.3) is 5.66 Å². The minimum Gasteiger partial charge on any atom is -0.622 e. The molecule has 0 amide bonds. The van der Waals surface area contributed by atoms with Crippen LogP contribution in [0, 0.1) is 5.21 Å². The second kappa shape index (κ2) is 2.05. The van der Waals surface area contributed by atoms with Crippen LogP contribution in [0.1, 0.15) is 13.8 Å². The minimum absolute atomic E-state index is 0.190. The summed E-state index contributed by atoms with van der Waals surface area (Å²) in [6, 6.07) is 0. The van der Waals surface area contributed by atoms with E-state index in [-0.39, 0.29) is 5.71 Å². The molecule has 0 atom stereocenters. The van der Waals surface area contributed by atoms with Crippen molar-refractivity contribution in [2.45, 2.75) is 19.5 Å². The summed E-state index contributed by atoms with van der Waals surface area (Å²) in [5, 5.41) is 19.3. The summed E-state index contributed by atoms with van der Waals surface area (Å²) in [5.41, 5.74) is -1.15. The zero-order valence-corrected chi connectivity index (χ0v) is 6.24. The number of nitrogens with zero attached hydrogens (tertiary/aromatic N) is 2. The first kappa shape index (κ1) is 7.71. The zero-order chi connectivity index (χ0) is 8.65. The molecule has 60 valence electrons. The van der Waals surface area contributed by atoms with Crippen LogP contribution in [0.3, 0.4) is 0 Å². The van der Waals surface area contributed by atoms with Gasteiger partial charge in [-0.1, -0.05) is 0 Å². The molecule has 0 bridgehead atoms. The quantitative estimate of drug-likeness (QED) is 0.423. The van der Waals surface area contributed by atoms with Crippen molar-refractivity contribution in [1.82, 2.24) is 0 Å². The number of aliphatic imine (C=N–C) groups is 1. The largest absolute Gasteiger partial charge is 0.622 e. The number of carbonyl (C=O) groups is 1. The van der Waals surface area contributed by atoms with Crippen LogP contribution in [0.2, 0.25) is 0 Å². The number of aliphatic carboxylic acids is 1. The van der Waals surface area contributed by atoms with Gasteiger partial charge in [-0.15, -0.1) is 0 Å². The zero-order valence-electron chi connectivity index (χ0n) is 6.24. The van der Waals surface area contributed by atoms with Crippen LogP contribution < -0.4 is 0 Å². The Morgan fingerprint density at radius 3 is 2.55 bits per heavy atom. The van der Waals surface area contributed by atoms with Crippen LogP contribution in [0.15, 0.2) is 4.99 Å². The fourth-order valence-corrected chi connectivity index (χ4v) is 0.745. The van der Waals surface area contributed by atoms with E-state index in [1.165, 1.54) is 0 Å². The van der Waals surface area contributed by atoms with Gasteiger partial charge in [-0.2, -0.15) is 4.74 Å². The third-order valence-electron chi connectivity index (χ3n) is 1.39. The maximum Gasteiger partial charge on any atom is 0.360 e. The molecule has 1 rings (SSSR count). The van der Waals surface area contributed by atoms with E-state index in [1.807, 2.05) is 0 Å². The molecule has 1 aliphatic rings. The highest BCUT2D eigenvalue weighted by Gasteiger charge is 2.34. The summed E-state index contributed by atoms with van der Waals surface area (Å²) in [4.78, 5) is 14.0. The summed E-state index contributed by atoms with van der Waals surface area (Å²) in [6.07, 6.45) is 0.975. The maximum absolute atomic E-state index is 10.9. The van der Waals surface area contributed by atoms with Gasteiger partial charge >= 0.3 is 5.97 Å². The molecule has 0 saturated heterocycles. The Labute approximate surface area is 63.3 Å². The van der Waals surface area contributed by atoms with Gasteiger partial charge in [0, 0.05) is 13.8 Å². The molecule has 0 spiro atoms. The number of carboxylic acids is 1. The van der Waals surface area contributed by atoms with Crippen molar-refractivity contribution < 1.29 is 14.6 Å². The number of hydrogen-bond donors (Lipinski definition) is 1. The van der Waals surface area contributed by atoms with Crippen molar-refractivity contribution in [3.63, 3.8) is 0 Å². The fraction of sp³-hybridized carbons (Fsp3) is 0.500. The van der Waals surface area contributed by atoms with Crippen LogP contribution in [-0.4, -0.2) is 33.4 Å². The predicted molar refractivity (Wildman–Crippen MR) is 38.8 cm³/mol. The number of carboxylic acid groups (broad SMARTS) is 1. The van der Waals surface area contributed by atoms with Crippen molar-refractivity contribution in [3.8, 4) is 0 Å². The molecule has 0 aromatic heterocycles. The second-order valence-corrected chi connectivity index (χ2v) is 2.75. The SMILES string of the molecule is CC1(C)N=C(C(=O)O)C=[N+]1[O-]. The van der Waals surface area contributed by atoms with Crippen molar-refractivity contribution in [2.24, 2.45) is 4.99 Å². The highest BCUT2D eigenvalue weighted by molar-refractivity contribution is 6.58. The first-order valence-corrected chi connectivity index (χ1v) is 3.08. The van der Waals surface area contributed by atoms with Crippen molar-refractivity contribution in [1.29, 1.82) is 0 Å². The lowest BCUT2D eigenvalue weighted by atomic mass is 10.3. The van der Waals surface area contributed by atoms with E-state index < -0.39 is 11.6 Å². The van der Waals surface area contributed by atoms with E-state index in [9.17, 15) is 10.0 Å². The molecule has 0 radical (unpaired) electrons. The Morgan fingerprint density at radius 2 is 2.36 bits per heavy atom. The van der Waals surface area contributed by atoms with Crippen LogP contribution in [0.4, 0.5) is 0 Å². The van der Waals surface area contributed by atoms with Gasteiger partial charge in [-0.05, 0) is 0 Å². The van der Waals surface area contributed by atoms with Gasteiger partial charge in [0.1, 0.15) is 0 Å². The minimum atomic E-state index is -1.17. The normalized spacial score (nSPS) is 20.9. The Kier molecular flexibility index (Phi) is 1.44. The highest BCUT2D eigenvalue weighted by Crippen LogP contribution is 2.13. The molecule has 11 heavy (non-hydrogen) atoms. The van der Waals surface area contributed by atoms with E-state index in [0.29, 0.717) is 4.74 Å². The first-order valence-electron chi connectivity index (χ1n) is 3.08. The lowest BCUT2D eigenvalue weighted by molar-refractivity contribution is -0.528. The molecule has 0 saturated carbocycles. The van der Waals surface area contributed by atoms with Crippen LogP contribution in [-0.2, 0) is 4.79 Å². The van der Waals surface area contributed by atoms with Gasteiger partial charge in [-0.25, -0.2) is 9.79 Å². The van der Waals surface area contributed by atoms with Gasteiger partial charge in [-0.3, -0.25) is 0 Å². The molecule has 1 N–H and O–H groups in total. The molecule has 0 aromatic carbocycles. The Bertz CT molecular complexity index is 265. The fourth-order valence-electron chi connectivity index (χ4n) is 0.745. The molecule has 0 aromatic rings. The third-order valence-corrected chi connectivity index (χ3v) is 1.39. The molecule has 1 heterocycles. The molecule has 5 nitrogen and oxygen atoms in total. The Hall–Kier alpha value is -1.39. The molecular formula is C6H8N2O3. The van der Waals surface area contributed by atoms with E-state index in [2.05, 4.69) is 4.99 Å². The smallest absolute Gasteiger partial charge is 0.360 e. The van der Waals surface area contributed by atoms with Crippen LogP contribution >= 0.6 is 0 Å². The van der Waals surface area contributed by atoms with E-state index in [0.717, 1.165) is 6.21 Å². The monoisotopic (exact) mass is 156 g/mol. The van der Waals surface area contributed by atoms with E-state index >= 15 is 0 Å². The predicted octanol–water partition coefficient (Wildman–Crippen LogP) is -0.157. The van der Waals surface area contributed by atoms with Gasteiger partial charge in [0.2, 0.25) is 11.9 Å². The average molecular weight is 156 g/mol. The van der Waals surface area contributed by atoms with Crippen molar-refractivity contribution in [2.75, 3.05) is 0 Å². The number of hydrogen-bond acceptors (Lipinski definition) is 3. The number of rotatable bonds is 1. The molecular weight excluding hydrogens is 148 g/mol. The molecule has 0 aliphatic carbocycles. The standard InChI is InChI=1S/C6H8N2O3/c1-6(2)7-4(5(9)10)3-8(6)11/h3H,1-2H3,(H,9,10). The maximum atomic E-state index is 10.9. The molecule has 0 fully saturated rings. The number of hydroxylamine groups is 1. The second-order valence-electron chi connectivity index (χ2n) is 2.75. The molecule has 5 heteroatoms. The van der Waals surface area contributed by atoms with Crippen molar-refractivity contribution in [3.05, 3.63) is 5.21 Å². The summed E-state index contributed by atoms with van der Waals surface area (Å²) in [5.74, 6) is -1.17. The highest BCUT2D eigenvalue weighted by atomic mass is 16.5. The molecule has 1 aliphatic heterocycles. The van der Waals surface area contributed by atoms with Gasteiger partial charge < -0.3 is 10.3 Å². The van der Waals surface area contributed by atoms with E-state index in [4.69, 9.17) is 5.11 Å². The third kappa shape index (κ3) is 1.21. The van der Waals surface area contributed by atoms with Crippen LogP contribution in [0.25, 0.3) is 0 Å². The van der Waals surface area contributed by atoms with Gasteiger partial charge in [0.15, 0.2) is 0 Å². The Balaban J connectivity index is 3.01. The summed E-state index contributed by atoms with van der Waals surface area (Å²) >= 11 is 0. The molecule has 0 unspecified atom stereocenters. The van der Waals surface area contributed by atoms with Gasteiger partial charge in [0.05, 0.1) is 0 Å². The lowest BCUT2D eigenvalue weighted by Gasteiger charge is -2.13. The van der Waals surface area contributed by atoms with Crippen LogP contribution in [0.5, 0.6) is 0 Å². The summed E-state index contributed by atoms with van der Waals surface area (Å²) in [6.45, 7) is 3.10. The lowest BCUT2D eigenvalue weighted by Crippen LogP contribution is -2.26. The summed E-state index contributed by atoms with van der Waals surface area (Å²) < 4.78 is 0.524. The average Bonchev–Trinajstić information content (AvgIpc) is 2.08. The summed E-state index contributed by atoms with van der Waals surface area (Å²) in [7, 11) is 0. The van der Waals surface area contributed by atoms with Crippen molar-refractivity contribution >= 4 is 17.9 Å². The topological polar surface area (TPSA) is 75.7 Å².